The standard InChI is InChI=1S/C30H37ClN2O6/c1-3-4-5-6-7-8-9-10-11-12-19-38-30(36)23-15-18-25(31)26(20-23)33-28(34)27(21-32)39-24-16-13-22(14-17-24)29(35)37-2/h13-18,20,27H,3-12,19H2,1-2H3,(H,33,34). The minimum Gasteiger partial charge on any atom is -0.466 e. The van der Waals surface area contributed by atoms with Gasteiger partial charge in [0, 0.05) is 0 Å². The molecule has 0 spiro atoms. The van der Waals surface area contributed by atoms with Gasteiger partial charge in [0.1, 0.15) is 11.8 Å². The van der Waals surface area contributed by atoms with E-state index in [2.05, 4.69) is 17.0 Å². The maximum absolute atomic E-state index is 12.7. The van der Waals surface area contributed by atoms with E-state index in [0.717, 1.165) is 19.3 Å². The smallest absolute Gasteiger partial charge is 0.338 e. The summed E-state index contributed by atoms with van der Waals surface area (Å²) in [5.74, 6) is -1.60. The summed E-state index contributed by atoms with van der Waals surface area (Å²) in [5, 5.41) is 12.2. The van der Waals surface area contributed by atoms with Crippen molar-refractivity contribution in [3.63, 3.8) is 0 Å². The number of esters is 2. The molecule has 0 aromatic heterocycles. The summed E-state index contributed by atoms with van der Waals surface area (Å²) in [5.41, 5.74) is 0.681. The van der Waals surface area contributed by atoms with Gasteiger partial charge in [-0.3, -0.25) is 4.79 Å². The highest BCUT2D eigenvalue weighted by atomic mass is 35.5. The lowest BCUT2D eigenvalue weighted by Gasteiger charge is -2.14. The molecule has 2 rings (SSSR count). The molecule has 39 heavy (non-hydrogen) atoms. The van der Waals surface area contributed by atoms with Gasteiger partial charge in [-0.2, -0.15) is 5.26 Å². The van der Waals surface area contributed by atoms with E-state index in [4.69, 9.17) is 21.1 Å². The SMILES string of the molecule is CCCCCCCCCCCCOC(=O)c1ccc(Cl)c(NC(=O)C(C#N)Oc2ccc(C(=O)OC)cc2)c1. The van der Waals surface area contributed by atoms with Crippen molar-refractivity contribution in [2.75, 3.05) is 19.0 Å². The molecule has 0 aliphatic carbocycles. The van der Waals surface area contributed by atoms with Gasteiger partial charge in [-0.05, 0) is 48.9 Å². The Hall–Kier alpha value is -3.57. The predicted molar refractivity (Wildman–Crippen MR) is 150 cm³/mol. The van der Waals surface area contributed by atoms with E-state index < -0.39 is 23.9 Å². The van der Waals surface area contributed by atoms with Crippen molar-refractivity contribution in [1.82, 2.24) is 0 Å². The maximum atomic E-state index is 12.7. The largest absolute Gasteiger partial charge is 0.466 e. The number of carbonyl (C=O) groups excluding carboxylic acids is 3. The maximum Gasteiger partial charge on any atom is 0.338 e. The first-order valence-electron chi connectivity index (χ1n) is 13.4. The molecular formula is C30H37ClN2O6. The van der Waals surface area contributed by atoms with Crippen LogP contribution in [-0.4, -0.2) is 37.7 Å². The number of halogens is 1. The normalized spacial score (nSPS) is 11.2. The van der Waals surface area contributed by atoms with Crippen LogP contribution in [0.25, 0.3) is 0 Å². The molecule has 9 heteroatoms. The first-order chi connectivity index (χ1) is 18.9. The zero-order valence-electron chi connectivity index (χ0n) is 22.7. The van der Waals surface area contributed by atoms with Gasteiger partial charge in [-0.1, -0.05) is 76.3 Å². The van der Waals surface area contributed by atoms with E-state index >= 15 is 0 Å². The van der Waals surface area contributed by atoms with Crippen molar-refractivity contribution in [2.24, 2.45) is 0 Å². The lowest BCUT2D eigenvalue weighted by molar-refractivity contribution is -0.120. The van der Waals surface area contributed by atoms with Crippen molar-refractivity contribution < 1.29 is 28.6 Å². The van der Waals surface area contributed by atoms with Crippen LogP contribution in [0.15, 0.2) is 42.5 Å². The minimum atomic E-state index is -1.50. The highest BCUT2D eigenvalue weighted by Gasteiger charge is 2.22. The summed E-state index contributed by atoms with van der Waals surface area (Å²) in [4.78, 5) is 36.7. The Morgan fingerprint density at radius 1 is 0.872 bits per heavy atom. The van der Waals surface area contributed by atoms with Crippen LogP contribution in [-0.2, 0) is 14.3 Å². The Morgan fingerprint density at radius 2 is 1.46 bits per heavy atom. The molecule has 1 unspecified atom stereocenters. The van der Waals surface area contributed by atoms with Crippen LogP contribution >= 0.6 is 11.6 Å². The number of hydrogen-bond acceptors (Lipinski definition) is 7. The van der Waals surface area contributed by atoms with Crippen molar-refractivity contribution in [3.05, 3.63) is 58.6 Å². The summed E-state index contributed by atoms with van der Waals surface area (Å²) < 4.78 is 15.5. The fourth-order valence-corrected chi connectivity index (χ4v) is 4.01. The summed E-state index contributed by atoms with van der Waals surface area (Å²) in [6, 6.07) is 12.0. The van der Waals surface area contributed by atoms with Gasteiger partial charge >= 0.3 is 11.9 Å². The molecule has 0 heterocycles. The summed E-state index contributed by atoms with van der Waals surface area (Å²) >= 11 is 6.20. The molecular weight excluding hydrogens is 520 g/mol. The number of amides is 1. The average Bonchev–Trinajstić information content (AvgIpc) is 2.95. The van der Waals surface area contributed by atoms with Gasteiger partial charge in [-0.25, -0.2) is 9.59 Å². The van der Waals surface area contributed by atoms with E-state index in [1.54, 1.807) is 6.07 Å². The highest BCUT2D eigenvalue weighted by molar-refractivity contribution is 6.34. The molecule has 8 nitrogen and oxygen atoms in total. The molecule has 2 aromatic rings. The molecule has 0 fully saturated rings. The minimum absolute atomic E-state index is 0.153. The zero-order chi connectivity index (χ0) is 28.5. The van der Waals surface area contributed by atoms with Crippen LogP contribution in [0.4, 0.5) is 5.69 Å². The molecule has 0 aliphatic heterocycles. The van der Waals surface area contributed by atoms with Crippen molar-refractivity contribution in [1.29, 1.82) is 5.26 Å². The summed E-state index contributed by atoms with van der Waals surface area (Å²) in [6.07, 6.45) is 10.4. The van der Waals surface area contributed by atoms with Gasteiger partial charge in [0.15, 0.2) is 0 Å². The number of hydrogen-bond donors (Lipinski definition) is 1. The van der Waals surface area contributed by atoms with Gasteiger partial charge in [0.05, 0.1) is 35.6 Å². The number of nitriles is 1. The predicted octanol–water partition coefficient (Wildman–Crippen LogP) is 7.11. The second kappa shape index (κ2) is 17.8. The Morgan fingerprint density at radius 3 is 2.05 bits per heavy atom. The molecule has 1 amide bonds. The number of rotatable bonds is 17. The fraction of sp³-hybridized carbons (Fsp3) is 0.467. The molecule has 0 saturated heterocycles. The summed E-state index contributed by atoms with van der Waals surface area (Å²) in [6.45, 7) is 2.54. The zero-order valence-corrected chi connectivity index (χ0v) is 23.4. The van der Waals surface area contributed by atoms with E-state index in [1.165, 1.54) is 94.5 Å². The fourth-order valence-electron chi connectivity index (χ4n) is 3.85. The number of carbonyl (C=O) groups is 3. The molecule has 0 aliphatic rings. The Labute approximate surface area is 235 Å². The number of ether oxygens (including phenoxy) is 3. The van der Waals surface area contributed by atoms with E-state index in [1.807, 2.05) is 0 Å². The van der Waals surface area contributed by atoms with Crippen LogP contribution in [0.3, 0.4) is 0 Å². The summed E-state index contributed by atoms with van der Waals surface area (Å²) in [7, 11) is 1.27. The first-order valence-corrected chi connectivity index (χ1v) is 13.8. The van der Waals surface area contributed by atoms with Gasteiger partial charge < -0.3 is 19.5 Å². The lowest BCUT2D eigenvalue weighted by Crippen LogP contribution is -2.31. The van der Waals surface area contributed by atoms with Crippen LogP contribution in [0.1, 0.15) is 91.8 Å². The quantitative estimate of drug-likeness (QED) is 0.163. The third kappa shape index (κ3) is 11.4. The number of benzene rings is 2. The van der Waals surface area contributed by atoms with E-state index in [0.29, 0.717) is 12.2 Å². The van der Waals surface area contributed by atoms with Gasteiger partial charge in [-0.15, -0.1) is 0 Å². The molecule has 2 aromatic carbocycles. The Balaban J connectivity index is 1.81. The first kappa shape index (κ1) is 31.6. The van der Waals surface area contributed by atoms with Gasteiger partial charge in [0.25, 0.3) is 12.0 Å². The monoisotopic (exact) mass is 556 g/mol. The lowest BCUT2D eigenvalue weighted by atomic mass is 10.1. The van der Waals surface area contributed by atoms with Crippen molar-refractivity contribution in [2.45, 2.75) is 77.2 Å². The van der Waals surface area contributed by atoms with E-state index in [-0.39, 0.29) is 22.0 Å². The third-order valence-corrected chi connectivity index (χ3v) is 6.41. The Bertz CT molecular complexity index is 1110. The van der Waals surface area contributed by atoms with Gasteiger partial charge in [0.2, 0.25) is 0 Å². The van der Waals surface area contributed by atoms with Crippen molar-refractivity contribution >= 4 is 35.1 Å². The van der Waals surface area contributed by atoms with Crippen LogP contribution in [0.2, 0.25) is 5.02 Å². The third-order valence-electron chi connectivity index (χ3n) is 6.08. The second-order valence-corrected chi connectivity index (χ2v) is 9.55. The number of unbranched alkanes of at least 4 members (excludes halogenated alkanes) is 9. The van der Waals surface area contributed by atoms with Crippen LogP contribution < -0.4 is 10.1 Å². The molecule has 1 atom stereocenters. The Kier molecular flexibility index (Phi) is 14.5. The molecule has 0 radical (unpaired) electrons. The highest BCUT2D eigenvalue weighted by Crippen LogP contribution is 2.24. The topological polar surface area (TPSA) is 115 Å². The van der Waals surface area contributed by atoms with Crippen LogP contribution in [0, 0.1) is 11.3 Å². The molecule has 0 saturated carbocycles. The number of anilines is 1. The van der Waals surface area contributed by atoms with E-state index in [9.17, 15) is 19.6 Å². The number of nitrogens with one attached hydrogen (secondary N) is 1. The average molecular weight is 557 g/mol. The molecule has 210 valence electrons. The number of nitrogens with zero attached hydrogens (tertiary/aromatic N) is 1. The molecule has 1 N–H and O–H groups in total. The van der Waals surface area contributed by atoms with Crippen LogP contribution in [0.5, 0.6) is 5.75 Å². The number of methoxy groups -OCH3 is 1. The molecule has 0 bridgehead atoms. The second-order valence-electron chi connectivity index (χ2n) is 9.14. The van der Waals surface area contributed by atoms with Crippen molar-refractivity contribution in [3.8, 4) is 11.8 Å².